The van der Waals surface area contributed by atoms with Crippen LogP contribution in [0.5, 0.6) is 5.75 Å². The molecule has 0 aromatic heterocycles. The van der Waals surface area contributed by atoms with Gasteiger partial charge in [0.1, 0.15) is 17.7 Å². The zero-order valence-corrected chi connectivity index (χ0v) is 14.9. The molecule has 0 aliphatic carbocycles. The van der Waals surface area contributed by atoms with Crippen LogP contribution in [0.15, 0.2) is 24.3 Å². The molecule has 0 saturated carbocycles. The fraction of sp³-hybridized carbons (Fsp3) is 0.529. The highest BCUT2D eigenvalue weighted by Gasteiger charge is 2.35. The number of benzene rings is 1. The third-order valence-electron chi connectivity index (χ3n) is 4.53. The summed E-state index contributed by atoms with van der Waals surface area (Å²) < 4.78 is 5.18. The van der Waals surface area contributed by atoms with Crippen molar-refractivity contribution in [3.05, 3.63) is 29.8 Å². The zero-order valence-electron chi connectivity index (χ0n) is 14.1. The van der Waals surface area contributed by atoms with Crippen molar-refractivity contribution < 1.29 is 14.3 Å². The number of rotatable bonds is 4. The second kappa shape index (κ2) is 7.44. The Morgan fingerprint density at radius 2 is 1.88 bits per heavy atom. The van der Waals surface area contributed by atoms with Gasteiger partial charge in [-0.15, -0.1) is 11.8 Å². The van der Waals surface area contributed by atoms with Crippen molar-refractivity contribution in [3.63, 3.8) is 0 Å². The van der Waals surface area contributed by atoms with E-state index in [1.807, 2.05) is 29.2 Å². The number of nitrogens with zero attached hydrogens (tertiary/aromatic N) is 3. The lowest BCUT2D eigenvalue weighted by Crippen LogP contribution is -2.50. The van der Waals surface area contributed by atoms with E-state index in [2.05, 4.69) is 11.9 Å². The van der Waals surface area contributed by atoms with Crippen LogP contribution < -0.4 is 4.74 Å². The molecule has 1 aromatic carbocycles. The number of piperazine rings is 1. The van der Waals surface area contributed by atoms with Gasteiger partial charge in [0.25, 0.3) is 0 Å². The van der Waals surface area contributed by atoms with Crippen molar-refractivity contribution in [1.29, 1.82) is 0 Å². The SMILES string of the molecule is COc1ccc([C@H]2SCC(=O)N2CC(=O)N2CCN(C)CC2)cc1. The topological polar surface area (TPSA) is 53.1 Å². The molecule has 7 heteroatoms. The summed E-state index contributed by atoms with van der Waals surface area (Å²) in [4.78, 5) is 30.6. The summed E-state index contributed by atoms with van der Waals surface area (Å²) >= 11 is 1.57. The molecule has 2 fully saturated rings. The minimum Gasteiger partial charge on any atom is -0.497 e. The smallest absolute Gasteiger partial charge is 0.242 e. The Bertz CT molecular complexity index is 600. The monoisotopic (exact) mass is 349 g/mol. The largest absolute Gasteiger partial charge is 0.497 e. The van der Waals surface area contributed by atoms with Gasteiger partial charge < -0.3 is 19.4 Å². The number of likely N-dealkylation sites (N-methyl/N-ethyl adjacent to an activating group) is 1. The van der Waals surface area contributed by atoms with Crippen LogP contribution in [0.1, 0.15) is 10.9 Å². The molecular weight excluding hydrogens is 326 g/mol. The number of methoxy groups -OCH3 is 1. The van der Waals surface area contributed by atoms with E-state index in [4.69, 9.17) is 4.74 Å². The molecular formula is C17H23N3O3S. The maximum atomic E-state index is 12.6. The number of amides is 2. The molecule has 0 spiro atoms. The molecule has 0 unspecified atom stereocenters. The van der Waals surface area contributed by atoms with E-state index >= 15 is 0 Å². The Balaban J connectivity index is 1.67. The second-order valence-corrected chi connectivity index (χ2v) is 7.21. The average molecular weight is 349 g/mol. The van der Waals surface area contributed by atoms with Crippen LogP contribution >= 0.6 is 11.8 Å². The maximum Gasteiger partial charge on any atom is 0.242 e. The summed E-state index contributed by atoms with van der Waals surface area (Å²) in [6, 6.07) is 7.70. The van der Waals surface area contributed by atoms with Gasteiger partial charge in [-0.1, -0.05) is 12.1 Å². The molecule has 2 heterocycles. The quantitative estimate of drug-likeness (QED) is 0.813. The Labute approximate surface area is 146 Å². The molecule has 3 rings (SSSR count). The van der Waals surface area contributed by atoms with Crippen LogP contribution in [0.4, 0.5) is 0 Å². The van der Waals surface area contributed by atoms with Crippen molar-refractivity contribution in [2.24, 2.45) is 0 Å². The number of thioether (sulfide) groups is 1. The van der Waals surface area contributed by atoms with E-state index in [1.165, 1.54) is 0 Å². The number of ether oxygens (including phenoxy) is 1. The molecule has 2 aliphatic heterocycles. The lowest BCUT2D eigenvalue weighted by molar-refractivity contribution is -0.140. The van der Waals surface area contributed by atoms with Gasteiger partial charge in [-0.2, -0.15) is 0 Å². The third kappa shape index (κ3) is 3.67. The Morgan fingerprint density at radius 3 is 2.50 bits per heavy atom. The van der Waals surface area contributed by atoms with Crippen LogP contribution in [0.3, 0.4) is 0 Å². The van der Waals surface area contributed by atoms with Crippen molar-refractivity contribution >= 4 is 23.6 Å². The summed E-state index contributed by atoms with van der Waals surface area (Å²) in [6.45, 7) is 3.40. The summed E-state index contributed by atoms with van der Waals surface area (Å²) in [6.07, 6.45) is 0. The van der Waals surface area contributed by atoms with Crippen LogP contribution in [0.25, 0.3) is 0 Å². The molecule has 6 nitrogen and oxygen atoms in total. The predicted molar refractivity (Wildman–Crippen MR) is 94.0 cm³/mol. The van der Waals surface area contributed by atoms with Crippen molar-refractivity contribution in [3.8, 4) is 5.75 Å². The van der Waals surface area contributed by atoms with Crippen LogP contribution in [0, 0.1) is 0 Å². The average Bonchev–Trinajstić information content (AvgIpc) is 2.96. The molecule has 0 radical (unpaired) electrons. The minimum atomic E-state index is -0.0974. The first kappa shape index (κ1) is 17.1. The highest BCUT2D eigenvalue weighted by molar-refractivity contribution is 8.00. The molecule has 130 valence electrons. The summed E-state index contributed by atoms with van der Waals surface area (Å²) in [5.41, 5.74) is 1.03. The lowest BCUT2D eigenvalue weighted by atomic mass is 10.2. The summed E-state index contributed by atoms with van der Waals surface area (Å²) in [7, 11) is 3.69. The molecule has 1 aromatic rings. The van der Waals surface area contributed by atoms with Crippen molar-refractivity contribution in [2.75, 3.05) is 52.6 Å². The number of carbonyl (C=O) groups excluding carboxylic acids is 2. The van der Waals surface area contributed by atoms with Gasteiger partial charge in [0.15, 0.2) is 0 Å². The normalized spacial score (nSPS) is 22.1. The fourth-order valence-electron chi connectivity index (χ4n) is 2.97. The minimum absolute atomic E-state index is 0.0308. The van der Waals surface area contributed by atoms with Crippen LogP contribution in [0.2, 0.25) is 0 Å². The molecule has 0 N–H and O–H groups in total. The fourth-order valence-corrected chi connectivity index (χ4v) is 4.16. The Kier molecular flexibility index (Phi) is 5.30. The molecule has 0 bridgehead atoms. The summed E-state index contributed by atoms with van der Waals surface area (Å²) in [5, 5.41) is -0.0974. The first-order valence-electron chi connectivity index (χ1n) is 8.10. The Morgan fingerprint density at radius 1 is 1.21 bits per heavy atom. The number of hydrogen-bond acceptors (Lipinski definition) is 5. The lowest BCUT2D eigenvalue weighted by Gasteiger charge is -2.34. The second-order valence-electron chi connectivity index (χ2n) is 6.14. The van der Waals surface area contributed by atoms with Gasteiger partial charge in [0.05, 0.1) is 12.9 Å². The predicted octanol–water partition coefficient (Wildman–Crippen LogP) is 1.04. The van der Waals surface area contributed by atoms with Crippen LogP contribution in [-0.2, 0) is 9.59 Å². The van der Waals surface area contributed by atoms with Gasteiger partial charge in [-0.05, 0) is 24.7 Å². The van der Waals surface area contributed by atoms with Gasteiger partial charge in [-0.25, -0.2) is 0 Å². The Hall–Kier alpha value is -1.73. The molecule has 2 amide bonds. The highest BCUT2D eigenvalue weighted by atomic mass is 32.2. The highest BCUT2D eigenvalue weighted by Crippen LogP contribution is 2.38. The summed E-state index contributed by atoms with van der Waals surface area (Å²) in [5.74, 6) is 1.28. The van der Waals surface area contributed by atoms with E-state index in [0.29, 0.717) is 5.75 Å². The first-order chi connectivity index (χ1) is 11.6. The first-order valence-corrected chi connectivity index (χ1v) is 9.14. The standard InChI is InChI=1S/C17H23N3O3S/c1-18-7-9-19(10-8-18)15(21)11-20-16(22)12-24-17(20)13-3-5-14(23-2)6-4-13/h3-6,17H,7-12H2,1-2H3/t17-/m1/s1. The van der Waals surface area contributed by atoms with Gasteiger partial charge in [0.2, 0.25) is 11.8 Å². The van der Waals surface area contributed by atoms with E-state index in [1.54, 1.807) is 23.8 Å². The van der Waals surface area contributed by atoms with Crippen LogP contribution in [-0.4, -0.2) is 79.1 Å². The number of hydrogen-bond donors (Lipinski definition) is 0. The molecule has 2 saturated heterocycles. The van der Waals surface area contributed by atoms with E-state index in [9.17, 15) is 9.59 Å². The maximum absolute atomic E-state index is 12.6. The number of carbonyl (C=O) groups is 2. The third-order valence-corrected chi connectivity index (χ3v) is 5.79. The van der Waals surface area contributed by atoms with E-state index in [0.717, 1.165) is 37.5 Å². The molecule has 1 atom stereocenters. The van der Waals surface area contributed by atoms with Crippen molar-refractivity contribution in [2.45, 2.75) is 5.37 Å². The molecule has 2 aliphatic rings. The zero-order chi connectivity index (χ0) is 17.1. The van der Waals surface area contributed by atoms with Crippen molar-refractivity contribution in [1.82, 2.24) is 14.7 Å². The van der Waals surface area contributed by atoms with E-state index < -0.39 is 0 Å². The molecule has 24 heavy (non-hydrogen) atoms. The van der Waals surface area contributed by atoms with E-state index in [-0.39, 0.29) is 23.7 Å². The van der Waals surface area contributed by atoms with Gasteiger partial charge >= 0.3 is 0 Å². The van der Waals surface area contributed by atoms with Gasteiger partial charge in [0, 0.05) is 26.2 Å². The van der Waals surface area contributed by atoms with Gasteiger partial charge in [-0.3, -0.25) is 9.59 Å².